The van der Waals surface area contributed by atoms with E-state index in [-0.39, 0.29) is 0 Å². The molecule has 0 aromatic carbocycles. The molecule has 2 aliphatic heterocycles. The zero-order valence-electron chi connectivity index (χ0n) is 8.63. The van der Waals surface area contributed by atoms with Crippen molar-refractivity contribution in [1.82, 2.24) is 10.6 Å². The van der Waals surface area contributed by atoms with Gasteiger partial charge in [-0.2, -0.15) is 23.5 Å². The predicted molar refractivity (Wildman–Crippen MR) is 67.5 cm³/mol. The van der Waals surface area contributed by atoms with E-state index in [2.05, 4.69) is 34.2 Å². The zero-order valence-corrected chi connectivity index (χ0v) is 10.3. The van der Waals surface area contributed by atoms with Gasteiger partial charge in [-0.25, -0.2) is 0 Å². The van der Waals surface area contributed by atoms with Crippen molar-refractivity contribution >= 4 is 23.5 Å². The fourth-order valence-corrected chi connectivity index (χ4v) is 4.60. The molecule has 82 valence electrons. The predicted octanol–water partition coefficient (Wildman–Crippen LogP) is 1.18. The molecule has 0 aromatic rings. The number of nitrogens with one attached hydrogen (secondary N) is 2. The summed E-state index contributed by atoms with van der Waals surface area (Å²) in [4.78, 5) is 0. The Balaban J connectivity index is 1.60. The van der Waals surface area contributed by atoms with Crippen LogP contribution in [0.1, 0.15) is 12.8 Å². The van der Waals surface area contributed by atoms with Crippen molar-refractivity contribution < 1.29 is 0 Å². The minimum atomic E-state index is 0.733. The molecule has 0 bridgehead atoms. The molecule has 2 fully saturated rings. The maximum absolute atomic E-state index is 3.69. The molecule has 0 radical (unpaired) electrons. The monoisotopic (exact) mass is 232 g/mol. The van der Waals surface area contributed by atoms with E-state index in [1.165, 1.54) is 49.7 Å². The summed E-state index contributed by atoms with van der Waals surface area (Å²) in [6.07, 6.45) is 2.70. The van der Waals surface area contributed by atoms with E-state index in [4.69, 9.17) is 0 Å². The number of piperidine rings is 1. The molecule has 14 heavy (non-hydrogen) atoms. The fourth-order valence-electron chi connectivity index (χ4n) is 1.98. The molecule has 2 heterocycles. The average molecular weight is 232 g/mol. The minimum absolute atomic E-state index is 0.733. The number of hydrogen-bond acceptors (Lipinski definition) is 4. The smallest absolute Gasteiger partial charge is 0.0263 e. The lowest BCUT2D eigenvalue weighted by Crippen LogP contribution is -2.45. The van der Waals surface area contributed by atoms with E-state index in [9.17, 15) is 0 Å². The third-order valence-corrected chi connectivity index (χ3v) is 5.66. The first-order valence-corrected chi connectivity index (χ1v) is 7.79. The first-order valence-electron chi connectivity index (χ1n) is 5.58. The lowest BCUT2D eigenvalue weighted by molar-refractivity contribution is 0.392. The van der Waals surface area contributed by atoms with Crippen molar-refractivity contribution in [1.29, 1.82) is 0 Å². The summed E-state index contributed by atoms with van der Waals surface area (Å²) in [6.45, 7) is 3.60. The van der Waals surface area contributed by atoms with Gasteiger partial charge in [0, 0.05) is 41.6 Å². The number of hydrogen-bond donors (Lipinski definition) is 2. The molecular formula is C10H20N2S2. The van der Waals surface area contributed by atoms with E-state index >= 15 is 0 Å². The van der Waals surface area contributed by atoms with Crippen molar-refractivity contribution in [2.45, 2.75) is 24.1 Å². The van der Waals surface area contributed by atoms with Crippen LogP contribution < -0.4 is 10.6 Å². The van der Waals surface area contributed by atoms with Gasteiger partial charge in [0.05, 0.1) is 0 Å². The van der Waals surface area contributed by atoms with E-state index in [1.54, 1.807) is 0 Å². The Morgan fingerprint density at radius 1 is 1.36 bits per heavy atom. The van der Waals surface area contributed by atoms with Gasteiger partial charge in [0.1, 0.15) is 0 Å². The van der Waals surface area contributed by atoms with E-state index < -0.39 is 0 Å². The van der Waals surface area contributed by atoms with Crippen LogP contribution in [0, 0.1) is 0 Å². The quantitative estimate of drug-likeness (QED) is 0.763. The van der Waals surface area contributed by atoms with Crippen LogP contribution >= 0.6 is 23.5 Å². The molecule has 2 rings (SSSR count). The Morgan fingerprint density at radius 2 is 2.36 bits per heavy atom. The fraction of sp³-hybridized carbons (Fsp3) is 1.00. The first kappa shape index (κ1) is 11.1. The summed E-state index contributed by atoms with van der Waals surface area (Å²) in [5.74, 6) is 4.05. The van der Waals surface area contributed by atoms with Gasteiger partial charge in [0.25, 0.3) is 0 Å². The Bertz CT molecular complexity index is 136. The van der Waals surface area contributed by atoms with Gasteiger partial charge in [-0.15, -0.1) is 0 Å². The summed E-state index contributed by atoms with van der Waals surface area (Å²) in [6, 6.07) is 0.733. The standard InChI is InChI=1S/C10H20N2S2/c1-2-9(6-11-3-1)12-7-10-8-13-4-5-14-10/h9-12H,1-8H2. The number of thioether (sulfide) groups is 2. The largest absolute Gasteiger partial charge is 0.315 e. The molecule has 4 heteroatoms. The highest BCUT2D eigenvalue weighted by Crippen LogP contribution is 2.23. The maximum atomic E-state index is 3.69. The molecule has 0 aromatic heterocycles. The van der Waals surface area contributed by atoms with Crippen LogP contribution in [0.5, 0.6) is 0 Å². The molecule has 2 saturated heterocycles. The second kappa shape index (κ2) is 6.26. The van der Waals surface area contributed by atoms with Gasteiger partial charge in [0.15, 0.2) is 0 Å². The van der Waals surface area contributed by atoms with Crippen LogP contribution in [-0.4, -0.2) is 48.2 Å². The van der Waals surface area contributed by atoms with E-state index in [0.717, 1.165) is 11.3 Å². The Morgan fingerprint density at radius 3 is 3.07 bits per heavy atom. The van der Waals surface area contributed by atoms with Gasteiger partial charge in [-0.05, 0) is 19.4 Å². The van der Waals surface area contributed by atoms with Crippen LogP contribution in [0.25, 0.3) is 0 Å². The molecule has 2 unspecified atom stereocenters. The van der Waals surface area contributed by atoms with Crippen LogP contribution in [0.2, 0.25) is 0 Å². The van der Waals surface area contributed by atoms with Crippen LogP contribution in [0.3, 0.4) is 0 Å². The van der Waals surface area contributed by atoms with Crippen molar-refractivity contribution in [3.63, 3.8) is 0 Å². The van der Waals surface area contributed by atoms with Crippen molar-refractivity contribution in [2.75, 3.05) is 36.9 Å². The van der Waals surface area contributed by atoms with E-state index in [0.29, 0.717) is 0 Å². The highest BCUT2D eigenvalue weighted by molar-refractivity contribution is 8.06. The van der Waals surface area contributed by atoms with Gasteiger partial charge in [-0.3, -0.25) is 0 Å². The molecule has 0 amide bonds. The molecule has 2 nitrogen and oxygen atoms in total. The number of rotatable bonds is 3. The highest BCUT2D eigenvalue weighted by Gasteiger charge is 2.17. The van der Waals surface area contributed by atoms with Crippen molar-refractivity contribution in [3.8, 4) is 0 Å². The molecule has 2 aliphatic rings. The molecule has 2 atom stereocenters. The Labute approximate surface area is 95.4 Å². The Hall–Kier alpha value is 0.620. The van der Waals surface area contributed by atoms with Gasteiger partial charge < -0.3 is 10.6 Å². The molecule has 2 N–H and O–H groups in total. The normalized spacial score (nSPS) is 34.3. The lowest BCUT2D eigenvalue weighted by Gasteiger charge is -2.27. The summed E-state index contributed by atoms with van der Waals surface area (Å²) < 4.78 is 0. The molecule has 0 saturated carbocycles. The summed E-state index contributed by atoms with van der Waals surface area (Å²) in [7, 11) is 0. The third-order valence-electron chi connectivity index (χ3n) is 2.82. The second-order valence-electron chi connectivity index (χ2n) is 4.02. The van der Waals surface area contributed by atoms with Crippen LogP contribution in [0.4, 0.5) is 0 Å². The average Bonchev–Trinajstić information content (AvgIpc) is 2.29. The first-order chi connectivity index (χ1) is 6.95. The molecule has 0 aliphatic carbocycles. The van der Waals surface area contributed by atoms with Crippen LogP contribution in [0.15, 0.2) is 0 Å². The van der Waals surface area contributed by atoms with E-state index in [1.807, 2.05) is 0 Å². The minimum Gasteiger partial charge on any atom is -0.315 e. The zero-order chi connectivity index (χ0) is 9.64. The lowest BCUT2D eigenvalue weighted by atomic mass is 10.1. The third kappa shape index (κ3) is 3.65. The highest BCUT2D eigenvalue weighted by atomic mass is 32.2. The van der Waals surface area contributed by atoms with Crippen LogP contribution in [-0.2, 0) is 0 Å². The Kier molecular flexibility index (Phi) is 4.97. The van der Waals surface area contributed by atoms with Crippen molar-refractivity contribution in [3.05, 3.63) is 0 Å². The maximum Gasteiger partial charge on any atom is 0.0263 e. The SMILES string of the molecule is C1CNCC(NCC2CSCCS2)C1. The molecular weight excluding hydrogens is 212 g/mol. The van der Waals surface area contributed by atoms with Gasteiger partial charge >= 0.3 is 0 Å². The van der Waals surface area contributed by atoms with Crippen molar-refractivity contribution in [2.24, 2.45) is 0 Å². The van der Waals surface area contributed by atoms with Gasteiger partial charge in [0.2, 0.25) is 0 Å². The summed E-state index contributed by atoms with van der Waals surface area (Å²) >= 11 is 4.26. The second-order valence-corrected chi connectivity index (χ2v) is 6.58. The topological polar surface area (TPSA) is 24.1 Å². The summed E-state index contributed by atoms with van der Waals surface area (Å²) in [5.41, 5.74) is 0. The summed E-state index contributed by atoms with van der Waals surface area (Å²) in [5, 5.41) is 8.00. The van der Waals surface area contributed by atoms with Gasteiger partial charge in [-0.1, -0.05) is 0 Å². The molecule has 0 spiro atoms.